The minimum Gasteiger partial charge on any atom is -0.286 e. The van der Waals surface area contributed by atoms with Crippen molar-refractivity contribution in [3.8, 4) is 0 Å². The van der Waals surface area contributed by atoms with Crippen LogP contribution in [-0.2, 0) is 0 Å². The lowest BCUT2D eigenvalue weighted by molar-refractivity contribution is 0.866. The second kappa shape index (κ2) is 4.01. The van der Waals surface area contributed by atoms with E-state index in [2.05, 4.69) is 11.6 Å². The van der Waals surface area contributed by atoms with Crippen LogP contribution in [0.15, 0.2) is 17.6 Å². The van der Waals surface area contributed by atoms with Crippen LogP contribution in [0.4, 0.5) is 0 Å². The quantitative estimate of drug-likeness (QED) is 0.431. The highest BCUT2D eigenvalue weighted by Gasteiger charge is 1.96. The van der Waals surface area contributed by atoms with Crippen LogP contribution < -0.4 is 0 Å². The zero-order valence-corrected chi connectivity index (χ0v) is 5.89. The summed E-state index contributed by atoms with van der Waals surface area (Å²) in [5.41, 5.74) is 0. The summed E-state index contributed by atoms with van der Waals surface area (Å²) in [6.07, 6.45) is 3.10. The smallest absolute Gasteiger partial charge is 0.122 e. The number of aliphatic imine (C=N–C) groups is 1. The molecule has 0 saturated heterocycles. The van der Waals surface area contributed by atoms with Gasteiger partial charge in [0, 0.05) is 12.1 Å². The minimum atomic E-state index is 0.209. The van der Waals surface area contributed by atoms with E-state index >= 15 is 0 Å². The van der Waals surface area contributed by atoms with Gasteiger partial charge < -0.3 is 0 Å². The van der Waals surface area contributed by atoms with Crippen LogP contribution in [0.3, 0.4) is 0 Å². The Bertz CT molecular complexity index is 134. The first-order valence-electron chi connectivity index (χ1n) is 2.92. The highest BCUT2D eigenvalue weighted by molar-refractivity contribution is 5.91. The molecule has 0 unspecified atom stereocenters. The third-order valence-electron chi connectivity index (χ3n) is 0.866. The second-order valence-electron chi connectivity index (χ2n) is 2.05. The number of amidine groups is 1. The Balaban J connectivity index is 3.76. The fraction of sp³-hybridized carbons (Fsp3) is 0.429. The van der Waals surface area contributed by atoms with Gasteiger partial charge >= 0.3 is 0 Å². The van der Waals surface area contributed by atoms with Crippen molar-refractivity contribution in [1.82, 2.24) is 0 Å². The van der Waals surface area contributed by atoms with E-state index in [1.165, 1.54) is 6.21 Å². The summed E-state index contributed by atoms with van der Waals surface area (Å²) in [6.45, 7) is 7.31. The summed E-state index contributed by atoms with van der Waals surface area (Å²) >= 11 is 0. The van der Waals surface area contributed by atoms with Crippen molar-refractivity contribution in [2.75, 3.05) is 0 Å². The van der Waals surface area contributed by atoms with Gasteiger partial charge in [-0.25, -0.2) is 4.99 Å². The number of hydrogen-bond donors (Lipinski definition) is 1. The molecule has 0 aliphatic carbocycles. The van der Waals surface area contributed by atoms with E-state index in [-0.39, 0.29) is 5.92 Å². The average molecular weight is 124 g/mol. The first kappa shape index (κ1) is 8.08. The number of nitrogens with one attached hydrogen (secondary N) is 1. The molecule has 0 radical (unpaired) electrons. The molecule has 0 aromatic carbocycles. The molecule has 0 amide bonds. The van der Waals surface area contributed by atoms with Gasteiger partial charge in [0.05, 0.1) is 0 Å². The van der Waals surface area contributed by atoms with Gasteiger partial charge in [0.15, 0.2) is 0 Å². The first-order valence-corrected chi connectivity index (χ1v) is 2.92. The van der Waals surface area contributed by atoms with Gasteiger partial charge in [-0.05, 0) is 0 Å². The summed E-state index contributed by atoms with van der Waals surface area (Å²) in [4.78, 5) is 3.78. The molecule has 1 N–H and O–H groups in total. The molecule has 0 aromatic heterocycles. The summed E-state index contributed by atoms with van der Waals surface area (Å²) in [7, 11) is 0. The zero-order chi connectivity index (χ0) is 7.28. The Labute approximate surface area is 55.8 Å². The van der Waals surface area contributed by atoms with Gasteiger partial charge in [0.25, 0.3) is 0 Å². The van der Waals surface area contributed by atoms with E-state index in [0.717, 1.165) is 0 Å². The Kier molecular flexibility index (Phi) is 3.60. The second-order valence-corrected chi connectivity index (χ2v) is 2.05. The maximum atomic E-state index is 7.20. The molecule has 0 bridgehead atoms. The monoisotopic (exact) mass is 124 g/mol. The molecular weight excluding hydrogens is 112 g/mol. The lowest BCUT2D eigenvalue weighted by Crippen LogP contribution is -2.01. The van der Waals surface area contributed by atoms with Crippen LogP contribution in [0.5, 0.6) is 0 Å². The number of allylic oxidation sites excluding steroid dienone is 1. The normalized spacial score (nSPS) is 10.6. The van der Waals surface area contributed by atoms with Crippen LogP contribution in [0.1, 0.15) is 13.8 Å². The van der Waals surface area contributed by atoms with Gasteiger partial charge in [0.2, 0.25) is 0 Å². The molecule has 0 spiro atoms. The molecule has 0 atom stereocenters. The summed E-state index contributed by atoms with van der Waals surface area (Å²) < 4.78 is 0. The lowest BCUT2D eigenvalue weighted by atomic mass is 10.2. The van der Waals surface area contributed by atoms with Crippen LogP contribution in [0.25, 0.3) is 0 Å². The van der Waals surface area contributed by atoms with Crippen LogP contribution in [0, 0.1) is 11.3 Å². The van der Waals surface area contributed by atoms with Crippen molar-refractivity contribution in [3.05, 3.63) is 12.7 Å². The average Bonchev–Trinajstić information content (AvgIpc) is 1.82. The van der Waals surface area contributed by atoms with E-state index < -0.39 is 0 Å². The molecule has 0 heterocycles. The minimum absolute atomic E-state index is 0.209. The van der Waals surface area contributed by atoms with Gasteiger partial charge in [-0.3, -0.25) is 5.41 Å². The lowest BCUT2D eigenvalue weighted by Gasteiger charge is -1.97. The zero-order valence-electron chi connectivity index (χ0n) is 5.89. The Morgan fingerprint density at radius 2 is 2.22 bits per heavy atom. The van der Waals surface area contributed by atoms with E-state index in [4.69, 9.17) is 5.41 Å². The number of rotatable bonds is 2. The maximum Gasteiger partial charge on any atom is 0.122 e. The van der Waals surface area contributed by atoms with Gasteiger partial charge in [-0.1, -0.05) is 26.5 Å². The predicted octanol–water partition coefficient (Wildman–Crippen LogP) is 1.88. The van der Waals surface area contributed by atoms with E-state index in [0.29, 0.717) is 5.84 Å². The van der Waals surface area contributed by atoms with Gasteiger partial charge in [-0.15, -0.1) is 0 Å². The molecule has 0 aliphatic rings. The molecular formula is C7H12N2. The predicted molar refractivity (Wildman–Crippen MR) is 41.3 cm³/mol. The Hall–Kier alpha value is -0.920. The highest BCUT2D eigenvalue weighted by atomic mass is 14.8. The van der Waals surface area contributed by atoms with Crippen molar-refractivity contribution >= 4 is 12.1 Å². The summed E-state index contributed by atoms with van der Waals surface area (Å²) in [6, 6.07) is 0. The highest BCUT2D eigenvalue weighted by Crippen LogP contribution is 1.93. The summed E-state index contributed by atoms with van der Waals surface area (Å²) in [5.74, 6) is 0.607. The fourth-order valence-electron chi connectivity index (χ4n) is 0.282. The van der Waals surface area contributed by atoms with Crippen molar-refractivity contribution in [2.45, 2.75) is 13.8 Å². The first-order chi connectivity index (χ1) is 4.18. The molecule has 0 aromatic rings. The van der Waals surface area contributed by atoms with Crippen molar-refractivity contribution < 1.29 is 0 Å². The van der Waals surface area contributed by atoms with E-state index in [1.54, 1.807) is 6.08 Å². The van der Waals surface area contributed by atoms with Crippen LogP contribution in [-0.4, -0.2) is 12.1 Å². The van der Waals surface area contributed by atoms with Crippen LogP contribution in [0.2, 0.25) is 0 Å². The van der Waals surface area contributed by atoms with Crippen LogP contribution >= 0.6 is 0 Å². The van der Waals surface area contributed by atoms with E-state index in [1.807, 2.05) is 13.8 Å². The largest absolute Gasteiger partial charge is 0.286 e. The van der Waals surface area contributed by atoms with Crippen molar-refractivity contribution in [2.24, 2.45) is 10.9 Å². The van der Waals surface area contributed by atoms with Crippen molar-refractivity contribution in [3.63, 3.8) is 0 Å². The Morgan fingerprint density at radius 3 is 2.56 bits per heavy atom. The molecule has 0 aliphatic heterocycles. The third-order valence-corrected chi connectivity index (χ3v) is 0.866. The fourth-order valence-corrected chi connectivity index (χ4v) is 0.282. The molecule has 2 heteroatoms. The van der Waals surface area contributed by atoms with Gasteiger partial charge in [0.1, 0.15) is 5.84 Å². The summed E-state index contributed by atoms with van der Waals surface area (Å²) in [5, 5.41) is 7.20. The standard InChI is InChI=1S/C7H12N2/c1-4-5-9-7(8)6(2)3/h4-6,8H,1H2,2-3H3. The van der Waals surface area contributed by atoms with Crippen molar-refractivity contribution in [1.29, 1.82) is 5.41 Å². The topological polar surface area (TPSA) is 36.2 Å². The molecule has 2 nitrogen and oxygen atoms in total. The maximum absolute atomic E-state index is 7.20. The third kappa shape index (κ3) is 3.64. The molecule has 0 saturated carbocycles. The molecule has 0 fully saturated rings. The SMILES string of the molecule is C=CC=NC(=N)C(C)C. The molecule has 50 valence electrons. The van der Waals surface area contributed by atoms with E-state index in [9.17, 15) is 0 Å². The van der Waals surface area contributed by atoms with Gasteiger partial charge in [-0.2, -0.15) is 0 Å². The number of nitrogens with zero attached hydrogens (tertiary/aromatic N) is 1. The number of hydrogen-bond acceptors (Lipinski definition) is 1. The molecule has 9 heavy (non-hydrogen) atoms. The Morgan fingerprint density at radius 1 is 1.67 bits per heavy atom. The molecule has 0 rings (SSSR count).